The third-order valence-electron chi connectivity index (χ3n) is 3.15. The predicted molar refractivity (Wildman–Crippen MR) is 80.9 cm³/mol. The fraction of sp³-hybridized carbons (Fsp3) is 0.375. The average molecular weight is 291 g/mol. The summed E-state index contributed by atoms with van der Waals surface area (Å²) < 4.78 is 5.17. The number of carbonyl (C=O) groups is 2. The summed E-state index contributed by atoms with van der Waals surface area (Å²) in [6.07, 6.45) is 1.82. The van der Waals surface area contributed by atoms with Crippen LogP contribution < -0.4 is 10.1 Å². The Balaban J connectivity index is 2.89. The van der Waals surface area contributed by atoms with Gasteiger partial charge in [0.25, 0.3) is 0 Å². The molecule has 0 heterocycles. The van der Waals surface area contributed by atoms with Gasteiger partial charge in [-0.05, 0) is 37.1 Å². The van der Waals surface area contributed by atoms with Crippen LogP contribution in [0.3, 0.4) is 0 Å². The number of aliphatic carboxylic acids is 1. The smallest absolute Gasteiger partial charge is 0.303 e. The van der Waals surface area contributed by atoms with Gasteiger partial charge in [0.05, 0.1) is 13.2 Å². The van der Waals surface area contributed by atoms with Gasteiger partial charge in [-0.2, -0.15) is 0 Å². The fourth-order valence-electron chi connectivity index (χ4n) is 2.05. The van der Waals surface area contributed by atoms with E-state index in [2.05, 4.69) is 11.9 Å². The van der Waals surface area contributed by atoms with E-state index < -0.39 is 12.0 Å². The monoisotopic (exact) mass is 291 g/mol. The van der Waals surface area contributed by atoms with Crippen LogP contribution in [-0.4, -0.2) is 36.6 Å². The number of hydrogen-bond donors (Lipinski definition) is 2. The molecule has 0 aliphatic heterocycles. The molecule has 2 N–H and O–H groups in total. The van der Waals surface area contributed by atoms with E-state index in [1.165, 1.54) is 0 Å². The minimum absolute atomic E-state index is 0.0598. The van der Waals surface area contributed by atoms with Crippen molar-refractivity contribution in [1.82, 2.24) is 5.32 Å². The van der Waals surface area contributed by atoms with E-state index in [1.54, 1.807) is 31.4 Å². The normalized spacial score (nSPS) is 11.7. The number of rotatable bonds is 9. The van der Waals surface area contributed by atoms with Crippen molar-refractivity contribution in [3.63, 3.8) is 0 Å². The van der Waals surface area contributed by atoms with Crippen LogP contribution in [0, 0.1) is 6.92 Å². The molecule has 1 aromatic carbocycles. The lowest BCUT2D eigenvalue weighted by Gasteiger charge is -2.16. The number of carboxylic acids is 1. The van der Waals surface area contributed by atoms with Crippen LogP contribution in [0.15, 0.2) is 30.9 Å². The van der Waals surface area contributed by atoms with Crippen molar-refractivity contribution in [2.45, 2.75) is 25.8 Å². The molecular formula is C16H21NO4. The van der Waals surface area contributed by atoms with Gasteiger partial charge in [-0.3, -0.25) is 9.59 Å². The summed E-state index contributed by atoms with van der Waals surface area (Å²) in [6, 6.07) is 4.65. The molecule has 0 saturated heterocycles. The van der Waals surface area contributed by atoms with Crippen molar-refractivity contribution in [3.05, 3.63) is 42.0 Å². The van der Waals surface area contributed by atoms with Gasteiger partial charge in [0, 0.05) is 18.5 Å². The summed E-state index contributed by atoms with van der Waals surface area (Å²) in [4.78, 5) is 23.2. The van der Waals surface area contributed by atoms with Gasteiger partial charge in [0.15, 0.2) is 5.78 Å². The number of methoxy groups -OCH3 is 1. The quantitative estimate of drug-likeness (QED) is 0.539. The number of aryl methyl sites for hydroxylation is 1. The van der Waals surface area contributed by atoms with Gasteiger partial charge in [0.2, 0.25) is 0 Å². The molecular weight excluding hydrogens is 270 g/mol. The molecule has 21 heavy (non-hydrogen) atoms. The Morgan fingerprint density at radius 3 is 2.71 bits per heavy atom. The first-order valence-corrected chi connectivity index (χ1v) is 6.74. The molecule has 1 atom stereocenters. The molecule has 0 saturated carbocycles. The number of carboxylic acid groups (broad SMARTS) is 1. The summed E-state index contributed by atoms with van der Waals surface area (Å²) >= 11 is 0. The largest absolute Gasteiger partial charge is 0.496 e. The molecule has 0 spiro atoms. The third-order valence-corrected chi connectivity index (χ3v) is 3.15. The Morgan fingerprint density at radius 2 is 2.19 bits per heavy atom. The molecule has 0 fully saturated rings. The topological polar surface area (TPSA) is 75.6 Å². The summed E-state index contributed by atoms with van der Waals surface area (Å²) in [5, 5.41) is 11.8. The van der Waals surface area contributed by atoms with Crippen LogP contribution >= 0.6 is 0 Å². The zero-order valence-corrected chi connectivity index (χ0v) is 12.4. The molecule has 5 heteroatoms. The summed E-state index contributed by atoms with van der Waals surface area (Å²) in [7, 11) is 1.57. The molecule has 0 aliphatic carbocycles. The Labute approximate surface area is 124 Å². The van der Waals surface area contributed by atoms with Crippen molar-refractivity contribution in [2.75, 3.05) is 13.7 Å². The standard InChI is InChI=1S/C16H21NO4/c1-4-9-17-13(6-8-15(18)19)16(20)12-5-7-14(21-3)11(2)10-12/h4-5,7,10,13,17H,1,6,8-9H2,2-3H3,(H,18,19). The summed E-state index contributed by atoms with van der Waals surface area (Å²) in [6.45, 7) is 5.90. The van der Waals surface area contributed by atoms with E-state index in [0.717, 1.165) is 5.56 Å². The summed E-state index contributed by atoms with van der Waals surface area (Å²) in [5.41, 5.74) is 1.41. The van der Waals surface area contributed by atoms with Crippen LogP contribution in [-0.2, 0) is 4.79 Å². The molecule has 0 bridgehead atoms. The maximum atomic E-state index is 12.5. The Bertz CT molecular complexity index is 525. The molecule has 1 aromatic rings. The molecule has 0 amide bonds. The number of carbonyl (C=O) groups excluding carboxylic acids is 1. The highest BCUT2D eigenvalue weighted by atomic mass is 16.5. The number of benzene rings is 1. The van der Waals surface area contributed by atoms with Crippen molar-refractivity contribution in [2.24, 2.45) is 0 Å². The minimum atomic E-state index is -0.917. The van der Waals surface area contributed by atoms with Crippen LogP contribution in [0.25, 0.3) is 0 Å². The molecule has 1 unspecified atom stereocenters. The van der Waals surface area contributed by atoms with Gasteiger partial charge in [-0.1, -0.05) is 6.08 Å². The lowest BCUT2D eigenvalue weighted by molar-refractivity contribution is -0.137. The first kappa shape index (κ1) is 16.9. The fourth-order valence-corrected chi connectivity index (χ4v) is 2.05. The number of hydrogen-bond acceptors (Lipinski definition) is 4. The molecule has 0 aromatic heterocycles. The zero-order chi connectivity index (χ0) is 15.8. The van der Waals surface area contributed by atoms with E-state index in [0.29, 0.717) is 17.9 Å². The number of ether oxygens (including phenoxy) is 1. The van der Waals surface area contributed by atoms with Crippen LogP contribution in [0.1, 0.15) is 28.8 Å². The van der Waals surface area contributed by atoms with Crippen molar-refractivity contribution >= 4 is 11.8 Å². The zero-order valence-electron chi connectivity index (χ0n) is 12.4. The molecule has 0 radical (unpaired) electrons. The van der Waals surface area contributed by atoms with Crippen molar-refractivity contribution < 1.29 is 19.4 Å². The molecule has 114 valence electrons. The van der Waals surface area contributed by atoms with Gasteiger partial charge < -0.3 is 15.2 Å². The van der Waals surface area contributed by atoms with Crippen molar-refractivity contribution in [1.29, 1.82) is 0 Å². The van der Waals surface area contributed by atoms with Gasteiger partial charge in [0.1, 0.15) is 5.75 Å². The first-order valence-electron chi connectivity index (χ1n) is 6.74. The highest BCUT2D eigenvalue weighted by Gasteiger charge is 2.20. The predicted octanol–water partition coefficient (Wildman–Crippen LogP) is 2.20. The maximum Gasteiger partial charge on any atom is 0.303 e. The Hall–Kier alpha value is -2.14. The first-order chi connectivity index (χ1) is 9.99. The number of Topliss-reactive ketones (excluding diaryl/α,β-unsaturated/α-hetero) is 1. The average Bonchev–Trinajstić information content (AvgIpc) is 2.46. The van der Waals surface area contributed by atoms with E-state index in [4.69, 9.17) is 9.84 Å². The van der Waals surface area contributed by atoms with E-state index in [9.17, 15) is 9.59 Å². The second-order valence-corrected chi connectivity index (χ2v) is 4.73. The van der Waals surface area contributed by atoms with E-state index in [1.807, 2.05) is 6.92 Å². The Morgan fingerprint density at radius 1 is 1.48 bits per heavy atom. The van der Waals surface area contributed by atoms with Crippen LogP contribution in [0.4, 0.5) is 0 Å². The minimum Gasteiger partial charge on any atom is -0.496 e. The lowest BCUT2D eigenvalue weighted by atomic mass is 9.98. The lowest BCUT2D eigenvalue weighted by Crippen LogP contribution is -2.37. The van der Waals surface area contributed by atoms with Crippen LogP contribution in [0.5, 0.6) is 5.75 Å². The van der Waals surface area contributed by atoms with Gasteiger partial charge >= 0.3 is 5.97 Å². The summed E-state index contributed by atoms with van der Waals surface area (Å²) in [5.74, 6) is -0.323. The molecule has 1 rings (SSSR count). The van der Waals surface area contributed by atoms with E-state index in [-0.39, 0.29) is 18.6 Å². The highest BCUT2D eigenvalue weighted by molar-refractivity contribution is 6.00. The third kappa shape index (κ3) is 5.04. The van der Waals surface area contributed by atoms with Gasteiger partial charge in [-0.25, -0.2) is 0 Å². The van der Waals surface area contributed by atoms with Gasteiger partial charge in [-0.15, -0.1) is 6.58 Å². The molecule has 0 aliphatic rings. The maximum absolute atomic E-state index is 12.5. The highest BCUT2D eigenvalue weighted by Crippen LogP contribution is 2.20. The molecule has 5 nitrogen and oxygen atoms in total. The Kier molecular flexibility index (Phi) is 6.62. The second-order valence-electron chi connectivity index (χ2n) is 4.73. The second kappa shape index (κ2) is 8.21. The van der Waals surface area contributed by atoms with E-state index >= 15 is 0 Å². The number of ketones is 1. The SMILES string of the molecule is C=CCNC(CCC(=O)O)C(=O)c1ccc(OC)c(C)c1. The van der Waals surface area contributed by atoms with Crippen molar-refractivity contribution in [3.8, 4) is 5.75 Å². The number of nitrogens with one attached hydrogen (secondary N) is 1. The van der Waals surface area contributed by atoms with Crippen LogP contribution in [0.2, 0.25) is 0 Å².